The van der Waals surface area contributed by atoms with Crippen LogP contribution in [0.15, 0.2) is 70.3 Å². The van der Waals surface area contributed by atoms with E-state index in [0.717, 1.165) is 32.7 Å². The van der Waals surface area contributed by atoms with E-state index in [9.17, 15) is 17.8 Å². The molecule has 4 rings (SSSR count). The van der Waals surface area contributed by atoms with Gasteiger partial charge in [0.25, 0.3) is 10.1 Å². The summed E-state index contributed by atoms with van der Waals surface area (Å²) >= 11 is 0. The molecule has 9 heteroatoms. The Morgan fingerprint density at radius 2 is 1.79 bits per heavy atom. The van der Waals surface area contributed by atoms with Crippen molar-refractivity contribution in [3.8, 4) is 0 Å². The Labute approximate surface area is 200 Å². The lowest BCUT2D eigenvalue weighted by atomic mass is 9.87. The van der Waals surface area contributed by atoms with Gasteiger partial charge in [0.15, 0.2) is 0 Å². The van der Waals surface area contributed by atoms with Crippen LogP contribution in [0.2, 0.25) is 13.1 Å². The summed E-state index contributed by atoms with van der Waals surface area (Å²) in [6.07, 6.45) is 5.61. The van der Waals surface area contributed by atoms with Crippen molar-refractivity contribution in [1.82, 2.24) is 0 Å². The Kier molecular flexibility index (Phi) is 5.85. The van der Waals surface area contributed by atoms with Crippen LogP contribution in [0, 0.1) is 12.3 Å². The summed E-state index contributed by atoms with van der Waals surface area (Å²) in [4.78, 5) is 12.0. The van der Waals surface area contributed by atoms with Crippen molar-refractivity contribution >= 4 is 46.3 Å². The molecule has 1 aliphatic carbocycles. The first-order valence-corrected chi connectivity index (χ1v) is 15.3. The molecule has 34 heavy (non-hydrogen) atoms. The minimum absolute atomic E-state index is 0.157. The van der Waals surface area contributed by atoms with Crippen LogP contribution in [0.4, 0.5) is 5.69 Å². The van der Waals surface area contributed by atoms with Gasteiger partial charge in [0.2, 0.25) is 5.91 Å². The first-order chi connectivity index (χ1) is 15.8. The number of benzene rings is 2. The predicted octanol–water partition coefficient (Wildman–Crippen LogP) is 3.31. The number of carbonyl (C=O) groups is 1. The largest absolute Gasteiger partial charge is 0.325 e. The number of amides is 1. The predicted molar refractivity (Wildman–Crippen MR) is 138 cm³/mol. The zero-order valence-electron chi connectivity index (χ0n) is 19.4. The molecule has 2 aliphatic rings. The van der Waals surface area contributed by atoms with E-state index in [1.54, 1.807) is 19.1 Å². The van der Waals surface area contributed by atoms with Crippen molar-refractivity contribution in [3.05, 3.63) is 82.1 Å². The van der Waals surface area contributed by atoms with E-state index < -0.39 is 24.2 Å². The van der Waals surface area contributed by atoms with E-state index in [1.807, 2.05) is 37.3 Å². The molecule has 1 aliphatic heterocycles. The third-order valence-corrected chi connectivity index (χ3v) is 10.7. The molecular formula is C25H27N3O4SSi. The number of nitrogens with two attached hydrogens (primary N) is 1. The second kappa shape index (κ2) is 8.28. The fourth-order valence-corrected chi connectivity index (χ4v) is 8.20. The van der Waals surface area contributed by atoms with Gasteiger partial charge in [-0.05, 0) is 88.5 Å². The standard InChI is InChI=1S/C25H27N3O4SSi/c1-14-11-18(33(30,31)32)7-10-19(14)24-20-8-5-16(27)12-22(20)34(3,4)23-13-17(6-9-21(23)24)28-25(29)15(2)26/h5-13,15,27H,26H2,1-4H3,(H,28,29)(H,30,31,32)/t15-/m0/s1. The van der Waals surface area contributed by atoms with Gasteiger partial charge in [-0.25, -0.2) is 0 Å². The molecule has 0 saturated carbocycles. The second-order valence-corrected chi connectivity index (χ2v) is 15.0. The number of aryl methyl sites for hydroxylation is 1. The Balaban J connectivity index is 1.99. The average Bonchev–Trinajstić information content (AvgIpc) is 2.75. The van der Waals surface area contributed by atoms with Crippen LogP contribution < -0.4 is 16.2 Å². The highest BCUT2D eigenvalue weighted by Crippen LogP contribution is 2.42. The number of fused-ring (bicyclic) bond motifs is 2. The molecule has 2 aromatic carbocycles. The maximum atomic E-state index is 12.2. The van der Waals surface area contributed by atoms with Crippen LogP contribution in [-0.2, 0) is 14.9 Å². The summed E-state index contributed by atoms with van der Waals surface area (Å²) in [5.74, 6) is -0.273. The summed E-state index contributed by atoms with van der Waals surface area (Å²) in [6.45, 7) is 7.87. The summed E-state index contributed by atoms with van der Waals surface area (Å²) in [7, 11) is -6.58. The molecule has 7 nitrogen and oxygen atoms in total. The molecule has 0 bridgehead atoms. The second-order valence-electron chi connectivity index (χ2n) is 9.25. The Bertz CT molecular complexity index is 1450. The monoisotopic (exact) mass is 493 g/mol. The van der Waals surface area contributed by atoms with Crippen LogP contribution in [0.1, 0.15) is 23.6 Å². The lowest BCUT2D eigenvalue weighted by Gasteiger charge is -2.38. The molecule has 1 atom stereocenters. The lowest BCUT2D eigenvalue weighted by Crippen LogP contribution is -2.49. The van der Waals surface area contributed by atoms with Crippen molar-refractivity contribution in [3.63, 3.8) is 0 Å². The highest BCUT2D eigenvalue weighted by atomic mass is 32.2. The highest BCUT2D eigenvalue weighted by Gasteiger charge is 2.40. The number of anilines is 1. The topological polar surface area (TPSA) is 133 Å². The van der Waals surface area contributed by atoms with Crippen molar-refractivity contribution in [2.75, 3.05) is 5.32 Å². The van der Waals surface area contributed by atoms with Gasteiger partial charge in [0, 0.05) is 5.69 Å². The highest BCUT2D eigenvalue weighted by molar-refractivity contribution is 7.85. The first-order valence-electron chi connectivity index (χ1n) is 10.8. The van der Waals surface area contributed by atoms with Gasteiger partial charge in [0.1, 0.15) is 8.07 Å². The summed E-state index contributed by atoms with van der Waals surface area (Å²) in [5, 5.41) is 13.3. The van der Waals surface area contributed by atoms with Crippen molar-refractivity contribution < 1.29 is 17.8 Å². The third kappa shape index (κ3) is 4.11. The van der Waals surface area contributed by atoms with Gasteiger partial charge in [-0.3, -0.25) is 9.35 Å². The van der Waals surface area contributed by atoms with Gasteiger partial charge >= 0.3 is 0 Å². The van der Waals surface area contributed by atoms with Gasteiger partial charge in [0.05, 0.1) is 16.6 Å². The number of allylic oxidation sites excluding steroid dienone is 5. The maximum absolute atomic E-state index is 12.2. The first kappa shape index (κ1) is 24.0. The van der Waals surface area contributed by atoms with Gasteiger partial charge < -0.3 is 16.5 Å². The molecule has 0 saturated heterocycles. The molecule has 0 unspecified atom stereocenters. The zero-order valence-corrected chi connectivity index (χ0v) is 21.2. The molecule has 0 spiro atoms. The quantitative estimate of drug-likeness (QED) is 0.383. The van der Waals surface area contributed by atoms with E-state index in [-0.39, 0.29) is 10.8 Å². The molecule has 1 amide bonds. The van der Waals surface area contributed by atoms with E-state index in [0.29, 0.717) is 17.0 Å². The van der Waals surface area contributed by atoms with Crippen molar-refractivity contribution in [1.29, 1.82) is 5.41 Å². The molecule has 176 valence electrons. The summed E-state index contributed by atoms with van der Waals surface area (Å²) < 4.78 is 32.8. The lowest BCUT2D eigenvalue weighted by molar-refractivity contribution is -0.117. The molecule has 5 N–H and O–H groups in total. The van der Waals surface area contributed by atoms with Gasteiger partial charge in [-0.15, -0.1) is 0 Å². The average molecular weight is 494 g/mol. The SMILES string of the molecule is Cc1cc(S(=O)(=O)O)ccc1C1=C2C=CC(=N)C=C2[Si](C)(C)c2cc(NC(=O)[C@H](C)N)ccc21. The molecule has 0 radical (unpaired) electrons. The molecule has 1 heterocycles. The van der Waals surface area contributed by atoms with E-state index in [2.05, 4.69) is 18.4 Å². The molecule has 2 aromatic rings. The Morgan fingerprint density at radius 3 is 2.41 bits per heavy atom. The van der Waals surface area contributed by atoms with Gasteiger partial charge in [-0.1, -0.05) is 31.3 Å². The Morgan fingerprint density at radius 1 is 1.12 bits per heavy atom. The fourth-order valence-electron chi connectivity index (χ4n) is 4.55. The molecular weight excluding hydrogens is 466 g/mol. The van der Waals surface area contributed by atoms with Crippen LogP contribution in [0.5, 0.6) is 0 Å². The summed E-state index contributed by atoms with van der Waals surface area (Å²) in [6, 6.07) is 9.74. The van der Waals surface area contributed by atoms with E-state index in [1.165, 1.54) is 12.1 Å². The minimum atomic E-state index is -4.32. The normalized spacial score (nSPS) is 17.6. The zero-order chi connectivity index (χ0) is 25.0. The smallest absolute Gasteiger partial charge is 0.294 e. The Hall–Kier alpha value is -3.11. The van der Waals surface area contributed by atoms with Gasteiger partial charge in [-0.2, -0.15) is 8.42 Å². The number of hydrogen-bond acceptors (Lipinski definition) is 5. The number of nitrogens with one attached hydrogen (secondary N) is 2. The molecule has 0 aromatic heterocycles. The number of rotatable bonds is 4. The number of carbonyl (C=O) groups excluding carboxylic acids is 1. The maximum Gasteiger partial charge on any atom is 0.294 e. The van der Waals surface area contributed by atoms with Crippen LogP contribution >= 0.6 is 0 Å². The summed E-state index contributed by atoms with van der Waals surface area (Å²) in [5.41, 5.74) is 11.3. The number of hydrogen-bond donors (Lipinski definition) is 4. The van der Waals surface area contributed by atoms with E-state index >= 15 is 0 Å². The van der Waals surface area contributed by atoms with Crippen LogP contribution in [-0.4, -0.2) is 38.7 Å². The fraction of sp³-hybridized carbons (Fsp3) is 0.200. The van der Waals surface area contributed by atoms with Crippen molar-refractivity contribution in [2.45, 2.75) is 37.9 Å². The van der Waals surface area contributed by atoms with Crippen LogP contribution in [0.3, 0.4) is 0 Å². The third-order valence-electron chi connectivity index (χ3n) is 6.37. The minimum Gasteiger partial charge on any atom is -0.325 e. The molecule has 0 fully saturated rings. The van der Waals surface area contributed by atoms with E-state index in [4.69, 9.17) is 11.1 Å². The van der Waals surface area contributed by atoms with Crippen LogP contribution in [0.25, 0.3) is 5.57 Å². The van der Waals surface area contributed by atoms with Crippen molar-refractivity contribution in [2.24, 2.45) is 5.73 Å².